The number of morpholine rings is 1. The van der Waals surface area contributed by atoms with E-state index >= 15 is 0 Å². The molecule has 118 valence electrons. The van der Waals surface area contributed by atoms with Crippen molar-refractivity contribution >= 4 is 17.9 Å². The van der Waals surface area contributed by atoms with Crippen molar-refractivity contribution in [3.63, 3.8) is 0 Å². The Morgan fingerprint density at radius 3 is 2.68 bits per heavy atom. The number of rotatable bonds is 2. The molecule has 0 aromatic carbocycles. The smallest absolute Gasteiger partial charge is 0.407 e. The first-order chi connectivity index (χ1) is 10.6. The molecule has 1 aromatic heterocycles. The van der Waals surface area contributed by atoms with E-state index in [2.05, 4.69) is 4.98 Å². The molecule has 1 fully saturated rings. The predicted molar refractivity (Wildman–Crippen MR) is 75.9 cm³/mol. The molecule has 0 unspecified atom stereocenters. The van der Waals surface area contributed by atoms with Gasteiger partial charge in [0, 0.05) is 13.1 Å². The molecular weight excluding hydrogens is 290 g/mol. The summed E-state index contributed by atoms with van der Waals surface area (Å²) in [7, 11) is 1.32. The highest BCUT2D eigenvalue weighted by Crippen LogP contribution is 2.28. The van der Waals surface area contributed by atoms with Gasteiger partial charge in [0.15, 0.2) is 0 Å². The topological polar surface area (TPSA) is 92.2 Å². The van der Waals surface area contributed by atoms with Crippen LogP contribution in [0.5, 0.6) is 0 Å². The minimum atomic E-state index is -0.995. The van der Waals surface area contributed by atoms with Crippen LogP contribution in [0, 0.1) is 0 Å². The van der Waals surface area contributed by atoms with Gasteiger partial charge in [0.1, 0.15) is 11.4 Å². The van der Waals surface area contributed by atoms with E-state index in [9.17, 15) is 9.59 Å². The molecule has 0 atom stereocenters. The summed E-state index contributed by atoms with van der Waals surface area (Å²) in [5.41, 5.74) is 1.81. The summed E-state index contributed by atoms with van der Waals surface area (Å²) in [4.78, 5) is 30.9. The van der Waals surface area contributed by atoms with Crippen molar-refractivity contribution in [2.24, 2.45) is 0 Å². The first-order valence-electron chi connectivity index (χ1n) is 7.02. The van der Waals surface area contributed by atoms with Crippen molar-refractivity contribution in [3.8, 4) is 0 Å². The minimum Gasteiger partial charge on any atom is -0.465 e. The number of hydrogen-bond acceptors (Lipinski definition) is 6. The van der Waals surface area contributed by atoms with Crippen LogP contribution in [0.2, 0.25) is 0 Å². The zero-order chi connectivity index (χ0) is 15.7. The Balaban J connectivity index is 1.99. The normalized spacial score (nSPS) is 17.3. The highest BCUT2D eigenvalue weighted by atomic mass is 16.5. The Kier molecular flexibility index (Phi) is 3.84. The molecule has 2 aliphatic rings. The average Bonchev–Trinajstić information content (AvgIpc) is 2.97. The molecular formula is C14H17N3O5. The van der Waals surface area contributed by atoms with E-state index in [-0.39, 0.29) is 13.1 Å². The summed E-state index contributed by atoms with van der Waals surface area (Å²) >= 11 is 0. The molecule has 0 aliphatic carbocycles. The fraction of sp³-hybridized carbons (Fsp3) is 0.500. The lowest BCUT2D eigenvalue weighted by Crippen LogP contribution is -2.38. The van der Waals surface area contributed by atoms with Gasteiger partial charge < -0.3 is 19.5 Å². The molecule has 0 saturated carbocycles. The van der Waals surface area contributed by atoms with Gasteiger partial charge in [-0.3, -0.25) is 4.90 Å². The highest BCUT2D eigenvalue weighted by Gasteiger charge is 2.29. The van der Waals surface area contributed by atoms with Crippen LogP contribution in [0.4, 0.5) is 10.6 Å². The number of ether oxygens (including phenoxy) is 2. The molecule has 22 heavy (non-hydrogen) atoms. The van der Waals surface area contributed by atoms with E-state index in [1.165, 1.54) is 12.0 Å². The molecule has 1 amide bonds. The van der Waals surface area contributed by atoms with Gasteiger partial charge in [-0.2, -0.15) is 0 Å². The number of carbonyl (C=O) groups excluding carboxylic acids is 1. The van der Waals surface area contributed by atoms with Gasteiger partial charge in [0.2, 0.25) is 0 Å². The van der Waals surface area contributed by atoms with Crippen molar-refractivity contribution in [3.05, 3.63) is 22.9 Å². The highest BCUT2D eigenvalue weighted by molar-refractivity contribution is 5.95. The number of amides is 1. The van der Waals surface area contributed by atoms with Crippen LogP contribution < -0.4 is 4.90 Å². The van der Waals surface area contributed by atoms with Crippen molar-refractivity contribution in [2.45, 2.75) is 13.1 Å². The zero-order valence-electron chi connectivity index (χ0n) is 12.2. The van der Waals surface area contributed by atoms with E-state index < -0.39 is 12.1 Å². The van der Waals surface area contributed by atoms with Crippen LogP contribution in [-0.4, -0.2) is 60.5 Å². The van der Waals surface area contributed by atoms with Crippen LogP contribution in [-0.2, 0) is 22.6 Å². The third-order valence-corrected chi connectivity index (χ3v) is 3.86. The lowest BCUT2D eigenvalue weighted by Gasteiger charge is -2.29. The zero-order valence-corrected chi connectivity index (χ0v) is 12.2. The number of esters is 1. The van der Waals surface area contributed by atoms with Gasteiger partial charge in [-0.1, -0.05) is 0 Å². The number of carboxylic acid groups (broad SMARTS) is 1. The summed E-state index contributed by atoms with van der Waals surface area (Å²) in [6.45, 7) is 2.90. The number of hydrogen-bond donors (Lipinski definition) is 1. The van der Waals surface area contributed by atoms with Gasteiger partial charge in [-0.15, -0.1) is 0 Å². The number of aromatic nitrogens is 1. The largest absolute Gasteiger partial charge is 0.465 e. The lowest BCUT2D eigenvalue weighted by molar-refractivity contribution is 0.0599. The second-order valence-electron chi connectivity index (χ2n) is 5.19. The Labute approximate surface area is 127 Å². The second kappa shape index (κ2) is 5.80. The van der Waals surface area contributed by atoms with E-state index in [4.69, 9.17) is 14.6 Å². The fourth-order valence-corrected chi connectivity index (χ4v) is 2.71. The number of pyridine rings is 1. The molecule has 3 rings (SSSR count). The van der Waals surface area contributed by atoms with Crippen LogP contribution in [0.15, 0.2) is 6.07 Å². The first kappa shape index (κ1) is 14.6. The van der Waals surface area contributed by atoms with Gasteiger partial charge in [0.25, 0.3) is 0 Å². The average molecular weight is 307 g/mol. The molecule has 3 heterocycles. The maximum absolute atomic E-state index is 12.0. The molecule has 0 radical (unpaired) electrons. The Morgan fingerprint density at radius 1 is 1.32 bits per heavy atom. The Hall–Kier alpha value is -2.35. The summed E-state index contributed by atoms with van der Waals surface area (Å²) in [5, 5.41) is 9.11. The summed E-state index contributed by atoms with van der Waals surface area (Å²) in [6.07, 6.45) is -0.995. The minimum absolute atomic E-state index is 0.240. The third kappa shape index (κ3) is 2.57. The van der Waals surface area contributed by atoms with E-state index in [0.717, 1.165) is 5.56 Å². The number of fused-ring (bicyclic) bond motifs is 1. The van der Waals surface area contributed by atoms with Crippen LogP contribution in [0.25, 0.3) is 0 Å². The first-order valence-corrected chi connectivity index (χ1v) is 7.02. The van der Waals surface area contributed by atoms with Crippen LogP contribution in [0.3, 0.4) is 0 Å². The molecule has 1 aromatic rings. The summed E-state index contributed by atoms with van der Waals surface area (Å²) < 4.78 is 10.2. The number of methoxy groups -OCH3 is 1. The van der Waals surface area contributed by atoms with Crippen molar-refractivity contribution < 1.29 is 24.2 Å². The Morgan fingerprint density at radius 2 is 2.05 bits per heavy atom. The number of anilines is 1. The quantitative estimate of drug-likeness (QED) is 0.804. The SMILES string of the molecule is COC(=O)c1cc2c(nc1N1CCOCC1)CN(C(=O)O)C2. The molecule has 1 N–H and O–H groups in total. The third-order valence-electron chi connectivity index (χ3n) is 3.86. The van der Waals surface area contributed by atoms with E-state index in [1.54, 1.807) is 6.07 Å². The van der Waals surface area contributed by atoms with Crippen LogP contribution in [0.1, 0.15) is 21.6 Å². The maximum Gasteiger partial charge on any atom is 0.407 e. The van der Waals surface area contributed by atoms with Crippen molar-refractivity contribution in [1.29, 1.82) is 0 Å². The predicted octanol–water partition coefficient (Wildman–Crippen LogP) is 0.698. The Bertz CT molecular complexity index is 613. The van der Waals surface area contributed by atoms with Crippen molar-refractivity contribution in [2.75, 3.05) is 38.3 Å². The molecule has 1 saturated heterocycles. The molecule has 8 nitrogen and oxygen atoms in total. The number of nitrogens with zero attached hydrogens (tertiary/aromatic N) is 3. The van der Waals surface area contributed by atoms with Crippen LogP contribution >= 0.6 is 0 Å². The number of carbonyl (C=O) groups is 2. The molecule has 0 spiro atoms. The standard InChI is InChI=1S/C14H17N3O5/c1-21-13(18)10-6-9-7-17(14(19)20)8-11(9)15-12(10)16-2-4-22-5-3-16/h6H,2-5,7-8H2,1H3,(H,19,20). The molecule has 2 aliphatic heterocycles. The van der Waals surface area contributed by atoms with E-state index in [1.807, 2.05) is 4.90 Å². The summed E-state index contributed by atoms with van der Waals surface area (Å²) in [6, 6.07) is 1.70. The molecule has 8 heteroatoms. The second-order valence-corrected chi connectivity index (χ2v) is 5.19. The van der Waals surface area contributed by atoms with Gasteiger partial charge >= 0.3 is 12.1 Å². The fourth-order valence-electron chi connectivity index (χ4n) is 2.71. The summed E-state index contributed by atoms with van der Waals surface area (Å²) in [5.74, 6) is 0.0757. The molecule has 0 bridgehead atoms. The van der Waals surface area contributed by atoms with Gasteiger partial charge in [-0.05, 0) is 11.6 Å². The lowest BCUT2D eigenvalue weighted by atomic mass is 10.1. The van der Waals surface area contributed by atoms with Gasteiger partial charge in [0.05, 0.1) is 39.1 Å². The van der Waals surface area contributed by atoms with Gasteiger partial charge in [-0.25, -0.2) is 14.6 Å². The van der Waals surface area contributed by atoms with Crippen molar-refractivity contribution in [1.82, 2.24) is 9.88 Å². The van der Waals surface area contributed by atoms with E-state index in [0.29, 0.717) is 43.4 Å². The maximum atomic E-state index is 12.0. The monoisotopic (exact) mass is 307 g/mol.